The van der Waals surface area contributed by atoms with Crippen LogP contribution in [0.5, 0.6) is 11.5 Å². The van der Waals surface area contributed by atoms with Crippen LogP contribution in [0.25, 0.3) is 0 Å². The highest BCUT2D eigenvalue weighted by molar-refractivity contribution is 6.03. The Morgan fingerprint density at radius 2 is 0.662 bits per heavy atom. The summed E-state index contributed by atoms with van der Waals surface area (Å²) in [5.41, 5.74) is 3.55. The molecular weight excluding hydrogens is 887 g/mol. The van der Waals surface area contributed by atoms with E-state index in [2.05, 4.69) is 58.6 Å². The van der Waals surface area contributed by atoms with Crippen LogP contribution in [0.4, 0.5) is 28.4 Å². The van der Waals surface area contributed by atoms with E-state index >= 15 is 0 Å². The molecule has 0 bridgehead atoms. The highest BCUT2D eigenvalue weighted by Gasteiger charge is 2.30. The van der Waals surface area contributed by atoms with Crippen molar-refractivity contribution in [2.24, 2.45) is 20.5 Å². The van der Waals surface area contributed by atoms with Gasteiger partial charge in [-0.1, -0.05) is 185 Å². The van der Waals surface area contributed by atoms with Crippen molar-refractivity contribution in [3.63, 3.8) is 0 Å². The van der Waals surface area contributed by atoms with Gasteiger partial charge in [0.05, 0.1) is 27.7 Å². The van der Waals surface area contributed by atoms with Crippen LogP contribution < -0.4 is 9.47 Å². The van der Waals surface area contributed by atoms with E-state index in [4.69, 9.17) is 9.47 Å². The Kier molecular flexibility index (Phi) is 26.0. The molecule has 5 rings (SSSR count). The third-order valence-electron chi connectivity index (χ3n) is 12.8. The van der Waals surface area contributed by atoms with Crippen LogP contribution in [-0.2, 0) is 12.8 Å². The number of nitrogens with zero attached hydrogens (tertiary/aromatic N) is 5. The highest BCUT2D eigenvalue weighted by Crippen LogP contribution is 2.30. The van der Waals surface area contributed by atoms with E-state index < -0.39 is 33.7 Å². The lowest BCUT2D eigenvalue weighted by Crippen LogP contribution is -2.16. The van der Waals surface area contributed by atoms with Crippen molar-refractivity contribution < 1.29 is 24.0 Å². The van der Waals surface area contributed by atoms with Crippen LogP contribution >= 0.6 is 0 Å². The number of rotatable bonds is 35. The average molecular weight is 964 g/mol. The van der Waals surface area contributed by atoms with Crippen LogP contribution in [0.3, 0.4) is 0 Å². The Balaban J connectivity index is 1.02. The highest BCUT2D eigenvalue weighted by atomic mass is 16.6. The first-order valence-corrected chi connectivity index (χ1v) is 26.8. The first kappa shape index (κ1) is 55.6. The summed E-state index contributed by atoms with van der Waals surface area (Å²) in [4.78, 5) is 38.0. The van der Waals surface area contributed by atoms with E-state index in [0.717, 1.165) is 24.2 Å². The number of esters is 2. The molecule has 378 valence electrons. The van der Waals surface area contributed by atoms with E-state index in [1.165, 1.54) is 208 Å². The summed E-state index contributed by atoms with van der Waals surface area (Å²) in [7, 11) is 0. The smallest absolute Gasteiger partial charge is 0.350 e. The number of hydrogen-bond donors (Lipinski definition) is 0. The number of unbranched alkanes of at least 4 members (excludes halogenated alkanes) is 22. The van der Waals surface area contributed by atoms with Crippen LogP contribution in [0.15, 0.2) is 136 Å². The molecule has 0 aliphatic rings. The number of hydrogen-bond acceptors (Lipinski definition) is 10. The molecule has 0 N–H and O–H groups in total. The number of aryl methyl sites for hydroxylation is 2. The van der Waals surface area contributed by atoms with Gasteiger partial charge in [0.15, 0.2) is 0 Å². The number of nitro benzene ring substituents is 1. The third kappa shape index (κ3) is 21.7. The van der Waals surface area contributed by atoms with Gasteiger partial charge < -0.3 is 9.47 Å². The number of ether oxygens (including phenoxy) is 2. The first-order chi connectivity index (χ1) is 34.8. The van der Waals surface area contributed by atoms with Crippen molar-refractivity contribution in [1.29, 1.82) is 0 Å². The quantitative estimate of drug-likeness (QED) is 0.00987. The van der Waals surface area contributed by atoms with Crippen molar-refractivity contribution in [1.82, 2.24) is 0 Å². The fourth-order valence-electron chi connectivity index (χ4n) is 8.59. The minimum absolute atomic E-state index is 0.137. The Morgan fingerprint density at radius 1 is 0.394 bits per heavy atom. The van der Waals surface area contributed by atoms with Gasteiger partial charge in [-0.2, -0.15) is 20.5 Å². The van der Waals surface area contributed by atoms with Gasteiger partial charge in [-0.15, -0.1) is 0 Å². The molecule has 0 fully saturated rings. The molecule has 5 aromatic carbocycles. The zero-order chi connectivity index (χ0) is 50.1. The predicted octanol–water partition coefficient (Wildman–Crippen LogP) is 19.4. The van der Waals surface area contributed by atoms with Gasteiger partial charge in [-0.3, -0.25) is 10.1 Å². The number of nitro groups is 1. The zero-order valence-corrected chi connectivity index (χ0v) is 42.5. The maximum Gasteiger partial charge on any atom is 0.350 e. The average Bonchev–Trinajstić information content (AvgIpc) is 3.39. The summed E-state index contributed by atoms with van der Waals surface area (Å²) in [6.07, 6.45) is 34.1. The van der Waals surface area contributed by atoms with Crippen LogP contribution in [0.2, 0.25) is 0 Å². The Bertz CT molecular complexity index is 2210. The van der Waals surface area contributed by atoms with Gasteiger partial charge in [0.2, 0.25) is 0 Å². The summed E-state index contributed by atoms with van der Waals surface area (Å²) in [5, 5.41) is 29.6. The van der Waals surface area contributed by atoms with Crippen molar-refractivity contribution in [2.45, 2.75) is 181 Å². The van der Waals surface area contributed by atoms with Crippen LogP contribution in [0, 0.1) is 10.1 Å². The molecule has 0 spiro atoms. The minimum atomic E-state index is -1.01. The van der Waals surface area contributed by atoms with E-state index in [-0.39, 0.29) is 11.5 Å². The Labute approximate surface area is 423 Å². The molecule has 5 aromatic rings. The van der Waals surface area contributed by atoms with Gasteiger partial charge in [-0.05, 0) is 122 Å². The normalized spacial score (nSPS) is 11.4. The van der Waals surface area contributed by atoms with Crippen LogP contribution in [0.1, 0.15) is 200 Å². The molecule has 0 aliphatic heterocycles. The van der Waals surface area contributed by atoms with Crippen molar-refractivity contribution in [3.05, 3.63) is 148 Å². The molecule has 0 saturated heterocycles. The van der Waals surface area contributed by atoms with Gasteiger partial charge in [0, 0.05) is 0 Å². The number of para-hydroxylation sites is 1. The summed E-state index contributed by atoms with van der Waals surface area (Å²) in [6, 6.07) is 32.6. The maximum atomic E-state index is 13.3. The molecule has 0 amide bonds. The summed E-state index contributed by atoms with van der Waals surface area (Å²) >= 11 is 0. The topological polar surface area (TPSA) is 145 Å². The second-order valence-electron chi connectivity index (χ2n) is 18.7. The Hall–Kier alpha value is -6.36. The fraction of sp³-hybridized carbons (Fsp3) is 0.467. The van der Waals surface area contributed by atoms with Crippen molar-refractivity contribution in [2.75, 3.05) is 0 Å². The summed E-state index contributed by atoms with van der Waals surface area (Å²) in [5.74, 6) is -1.74. The lowest BCUT2D eigenvalue weighted by atomic mass is 10.0. The minimum Gasteiger partial charge on any atom is -0.423 e. The van der Waals surface area contributed by atoms with Gasteiger partial charge in [0.1, 0.15) is 22.6 Å². The lowest BCUT2D eigenvalue weighted by Gasteiger charge is -2.09. The van der Waals surface area contributed by atoms with Gasteiger partial charge in [-0.25, -0.2) is 9.59 Å². The maximum absolute atomic E-state index is 13.3. The molecule has 0 saturated carbocycles. The predicted molar refractivity (Wildman–Crippen MR) is 287 cm³/mol. The molecule has 0 radical (unpaired) electrons. The molecule has 71 heavy (non-hydrogen) atoms. The summed E-state index contributed by atoms with van der Waals surface area (Å²) in [6.45, 7) is 4.53. The van der Waals surface area contributed by atoms with E-state index in [9.17, 15) is 19.7 Å². The molecule has 0 heterocycles. The SMILES string of the molecule is CCCCCCCCCCCCCCc1ccc(N=Nc2ccc(OC(=O)c3cccc(C(=O)Oc4ccc(N=Nc5ccc(CCCCCCCCCCCCCC)cc5)cc4)c3[N+](=O)[O-])cc2)cc1. The third-order valence-corrected chi connectivity index (χ3v) is 12.8. The number of azo groups is 2. The lowest BCUT2D eigenvalue weighted by molar-refractivity contribution is -0.385. The van der Waals surface area contributed by atoms with E-state index in [1.54, 1.807) is 24.3 Å². The molecular formula is C60H77N5O6. The van der Waals surface area contributed by atoms with Crippen molar-refractivity contribution >= 4 is 40.4 Å². The van der Waals surface area contributed by atoms with E-state index in [0.29, 0.717) is 11.4 Å². The second-order valence-corrected chi connectivity index (χ2v) is 18.7. The molecule has 0 unspecified atom stereocenters. The van der Waals surface area contributed by atoms with Gasteiger partial charge in [0.25, 0.3) is 5.69 Å². The zero-order valence-electron chi connectivity index (χ0n) is 42.5. The summed E-state index contributed by atoms with van der Waals surface area (Å²) < 4.78 is 11.0. The number of benzene rings is 5. The number of carbonyl (C=O) groups excluding carboxylic acids is 2. The molecule has 0 aromatic heterocycles. The monoisotopic (exact) mass is 964 g/mol. The van der Waals surface area contributed by atoms with Crippen LogP contribution in [-0.4, -0.2) is 16.9 Å². The van der Waals surface area contributed by atoms with Gasteiger partial charge >= 0.3 is 11.9 Å². The van der Waals surface area contributed by atoms with E-state index in [1.807, 2.05) is 24.3 Å². The molecule has 11 heteroatoms. The molecule has 0 aliphatic carbocycles. The second kappa shape index (κ2) is 33.3. The largest absolute Gasteiger partial charge is 0.423 e. The first-order valence-electron chi connectivity index (χ1n) is 26.8. The Morgan fingerprint density at radius 3 is 0.944 bits per heavy atom. The number of carbonyl (C=O) groups is 2. The molecule has 11 nitrogen and oxygen atoms in total. The molecule has 0 atom stereocenters. The fourth-order valence-corrected chi connectivity index (χ4v) is 8.59. The van der Waals surface area contributed by atoms with Crippen molar-refractivity contribution in [3.8, 4) is 11.5 Å². The standard InChI is InChI=1S/C60H77N5O6/c1-3-5-7-9-11-13-15-17-19-21-23-25-28-48-32-36-50(37-33-48)61-63-52-40-44-54(45-41-52)70-59(66)56-30-27-31-57(58(56)65(68)69)60(67)71-55-46-42-53(43-47-55)64-62-51-38-34-49(35-39-51)29-26-24-22-20-18-16-14-12-10-8-6-4-2/h27,30-47H,3-26,28-29H2,1-2H3.